The summed E-state index contributed by atoms with van der Waals surface area (Å²) >= 11 is 0. The van der Waals surface area contributed by atoms with E-state index in [0.717, 1.165) is 6.42 Å². The highest BCUT2D eigenvalue weighted by atomic mass is 16.6. The van der Waals surface area contributed by atoms with Crippen LogP contribution < -0.4 is 16.4 Å². The Morgan fingerprint density at radius 2 is 2.00 bits per heavy atom. The summed E-state index contributed by atoms with van der Waals surface area (Å²) < 4.78 is 5.26. The highest BCUT2D eigenvalue weighted by Gasteiger charge is 2.28. The average molecular weight is 305 g/mol. The average Bonchev–Trinajstić information content (AvgIpc) is 2.72. The van der Waals surface area contributed by atoms with Crippen LogP contribution in [0.4, 0.5) is 4.79 Å². The van der Waals surface area contributed by atoms with E-state index in [1.165, 1.54) is 11.1 Å². The van der Waals surface area contributed by atoms with Gasteiger partial charge in [-0.05, 0) is 45.2 Å². The summed E-state index contributed by atoms with van der Waals surface area (Å²) in [6.45, 7) is 8.19. The van der Waals surface area contributed by atoms with Crippen LogP contribution in [-0.2, 0) is 4.74 Å². The quantitative estimate of drug-likeness (QED) is 0.799. The first kappa shape index (κ1) is 16.8. The maximum absolute atomic E-state index is 11.7. The Morgan fingerprint density at radius 1 is 1.36 bits per heavy atom. The summed E-state index contributed by atoms with van der Waals surface area (Å²) in [4.78, 5) is 11.7. The van der Waals surface area contributed by atoms with Gasteiger partial charge in [0.15, 0.2) is 0 Å². The second-order valence-corrected chi connectivity index (χ2v) is 6.98. The fourth-order valence-electron chi connectivity index (χ4n) is 2.75. The van der Waals surface area contributed by atoms with Gasteiger partial charge in [0.1, 0.15) is 5.60 Å². The zero-order valence-electron chi connectivity index (χ0n) is 13.8. The first-order chi connectivity index (χ1) is 10.3. The molecule has 0 saturated carbocycles. The van der Waals surface area contributed by atoms with Crippen molar-refractivity contribution in [2.24, 2.45) is 5.73 Å². The van der Waals surface area contributed by atoms with Crippen LogP contribution in [0.1, 0.15) is 57.3 Å². The van der Waals surface area contributed by atoms with Crippen molar-refractivity contribution < 1.29 is 9.53 Å². The van der Waals surface area contributed by atoms with Crippen molar-refractivity contribution in [2.45, 2.75) is 57.8 Å². The molecule has 0 radical (unpaired) electrons. The van der Waals surface area contributed by atoms with Crippen LogP contribution in [0.3, 0.4) is 0 Å². The van der Waals surface area contributed by atoms with Gasteiger partial charge in [0, 0.05) is 24.7 Å². The van der Waals surface area contributed by atoms with Crippen LogP contribution in [0.25, 0.3) is 0 Å². The number of carbonyl (C=O) groups excluding carboxylic acids is 1. The van der Waals surface area contributed by atoms with Gasteiger partial charge in [0.25, 0.3) is 0 Å². The van der Waals surface area contributed by atoms with Crippen molar-refractivity contribution in [2.75, 3.05) is 6.54 Å². The van der Waals surface area contributed by atoms with E-state index in [9.17, 15) is 4.79 Å². The minimum absolute atomic E-state index is 0.0150. The molecule has 0 bridgehead atoms. The summed E-state index contributed by atoms with van der Waals surface area (Å²) in [5, 5.41) is 6.33. The van der Waals surface area contributed by atoms with Crippen molar-refractivity contribution in [3.63, 3.8) is 0 Å². The largest absolute Gasteiger partial charge is 0.444 e. The van der Waals surface area contributed by atoms with Crippen molar-refractivity contribution >= 4 is 6.09 Å². The molecule has 1 aliphatic rings. The smallest absolute Gasteiger partial charge is 0.407 e. The molecule has 3 atom stereocenters. The molecule has 5 nitrogen and oxygen atoms in total. The fourth-order valence-corrected chi connectivity index (χ4v) is 2.75. The lowest BCUT2D eigenvalue weighted by atomic mass is 10.1. The van der Waals surface area contributed by atoms with E-state index in [0.29, 0.717) is 6.54 Å². The predicted octanol–water partition coefficient (Wildman–Crippen LogP) is 2.63. The molecule has 0 saturated heterocycles. The van der Waals surface area contributed by atoms with E-state index in [1.54, 1.807) is 0 Å². The number of nitrogens with one attached hydrogen (secondary N) is 2. The van der Waals surface area contributed by atoms with Gasteiger partial charge in [0.05, 0.1) is 0 Å². The number of ether oxygens (including phenoxy) is 1. The van der Waals surface area contributed by atoms with Crippen LogP contribution in [-0.4, -0.2) is 24.3 Å². The predicted molar refractivity (Wildman–Crippen MR) is 87.6 cm³/mol. The first-order valence-electron chi connectivity index (χ1n) is 7.83. The normalized spacial score (nSPS) is 22.0. The maximum Gasteiger partial charge on any atom is 0.407 e. The number of nitrogens with two attached hydrogens (primary N) is 1. The van der Waals surface area contributed by atoms with E-state index < -0.39 is 5.60 Å². The van der Waals surface area contributed by atoms with Gasteiger partial charge >= 0.3 is 6.09 Å². The molecule has 5 heteroatoms. The van der Waals surface area contributed by atoms with Gasteiger partial charge in [-0.1, -0.05) is 24.3 Å². The molecule has 0 aromatic heterocycles. The van der Waals surface area contributed by atoms with Gasteiger partial charge < -0.3 is 21.1 Å². The number of fused-ring (bicyclic) bond motifs is 1. The number of benzene rings is 1. The number of alkyl carbamates (subject to hydrolysis) is 1. The minimum Gasteiger partial charge on any atom is -0.444 e. The molecule has 1 amide bonds. The third kappa shape index (κ3) is 4.45. The fraction of sp³-hybridized carbons (Fsp3) is 0.588. The number of amides is 1. The molecule has 0 heterocycles. The zero-order chi connectivity index (χ0) is 16.3. The number of rotatable bonds is 4. The molecule has 0 fully saturated rings. The molecule has 4 N–H and O–H groups in total. The molecular formula is C17H27N3O2. The Morgan fingerprint density at radius 3 is 2.64 bits per heavy atom. The summed E-state index contributed by atoms with van der Waals surface area (Å²) in [5.41, 5.74) is 8.16. The highest BCUT2D eigenvalue weighted by molar-refractivity contribution is 5.68. The molecule has 0 spiro atoms. The highest BCUT2D eigenvalue weighted by Crippen LogP contribution is 2.36. The van der Waals surface area contributed by atoms with E-state index in [1.807, 2.05) is 39.8 Å². The maximum atomic E-state index is 11.7. The molecule has 3 unspecified atom stereocenters. The van der Waals surface area contributed by atoms with Crippen molar-refractivity contribution in [3.05, 3.63) is 35.4 Å². The molecule has 1 aromatic carbocycles. The lowest BCUT2D eigenvalue weighted by Crippen LogP contribution is -2.43. The van der Waals surface area contributed by atoms with E-state index in [2.05, 4.69) is 22.8 Å². The topological polar surface area (TPSA) is 76.4 Å². The van der Waals surface area contributed by atoms with Gasteiger partial charge in [-0.25, -0.2) is 4.79 Å². The first-order valence-corrected chi connectivity index (χ1v) is 7.83. The Kier molecular flexibility index (Phi) is 5.08. The van der Waals surface area contributed by atoms with Gasteiger partial charge in [-0.2, -0.15) is 0 Å². The SMILES string of the molecule is CC(CNC1CC(N)c2ccccc21)NC(=O)OC(C)(C)C. The molecule has 2 rings (SSSR count). The summed E-state index contributed by atoms with van der Waals surface area (Å²) in [5.74, 6) is 0. The number of hydrogen-bond acceptors (Lipinski definition) is 4. The van der Waals surface area contributed by atoms with Crippen LogP contribution in [0.15, 0.2) is 24.3 Å². The Bertz CT molecular complexity index is 525. The molecule has 22 heavy (non-hydrogen) atoms. The summed E-state index contributed by atoms with van der Waals surface area (Å²) in [6.07, 6.45) is 0.503. The lowest BCUT2D eigenvalue weighted by Gasteiger charge is -2.23. The second-order valence-electron chi connectivity index (χ2n) is 6.98. The van der Waals surface area contributed by atoms with Crippen LogP contribution in [0.5, 0.6) is 0 Å². The van der Waals surface area contributed by atoms with Crippen molar-refractivity contribution in [1.82, 2.24) is 10.6 Å². The van der Waals surface area contributed by atoms with Crippen LogP contribution >= 0.6 is 0 Å². The molecule has 0 aliphatic heterocycles. The van der Waals surface area contributed by atoms with Gasteiger partial charge in [0.2, 0.25) is 0 Å². The minimum atomic E-state index is -0.478. The van der Waals surface area contributed by atoms with Gasteiger partial charge in [-0.15, -0.1) is 0 Å². The number of carbonyl (C=O) groups is 1. The van der Waals surface area contributed by atoms with Crippen LogP contribution in [0.2, 0.25) is 0 Å². The molecule has 1 aromatic rings. The van der Waals surface area contributed by atoms with Crippen molar-refractivity contribution in [1.29, 1.82) is 0 Å². The monoisotopic (exact) mass is 305 g/mol. The number of hydrogen-bond donors (Lipinski definition) is 3. The second kappa shape index (κ2) is 6.67. The summed E-state index contributed by atoms with van der Waals surface area (Å²) in [7, 11) is 0. The Balaban J connectivity index is 1.83. The van der Waals surface area contributed by atoms with E-state index in [-0.39, 0.29) is 24.2 Å². The molecule has 1 aliphatic carbocycles. The standard InChI is InChI=1S/C17H27N3O2/c1-11(20-16(21)22-17(2,3)4)10-19-15-9-14(18)12-7-5-6-8-13(12)15/h5-8,11,14-15,19H,9-10,18H2,1-4H3,(H,20,21). The van der Waals surface area contributed by atoms with Gasteiger partial charge in [-0.3, -0.25) is 0 Å². The summed E-state index contributed by atoms with van der Waals surface area (Å²) in [6, 6.07) is 8.58. The Hall–Kier alpha value is -1.59. The third-order valence-corrected chi connectivity index (χ3v) is 3.69. The van der Waals surface area contributed by atoms with E-state index >= 15 is 0 Å². The Labute approximate surface area is 132 Å². The van der Waals surface area contributed by atoms with E-state index in [4.69, 9.17) is 10.5 Å². The van der Waals surface area contributed by atoms with Crippen LogP contribution in [0, 0.1) is 0 Å². The zero-order valence-corrected chi connectivity index (χ0v) is 13.8. The molecule has 122 valence electrons. The lowest BCUT2D eigenvalue weighted by molar-refractivity contribution is 0.0507. The van der Waals surface area contributed by atoms with Crippen molar-refractivity contribution in [3.8, 4) is 0 Å². The third-order valence-electron chi connectivity index (χ3n) is 3.69. The molecular weight excluding hydrogens is 278 g/mol.